The minimum Gasteiger partial charge on any atom is -0.360 e. The number of likely N-dealkylation sites (N-methyl/N-ethyl adjacent to an activating group) is 1. The summed E-state index contributed by atoms with van der Waals surface area (Å²) in [5.41, 5.74) is 0.475. The third-order valence-electron chi connectivity index (χ3n) is 6.48. The molecule has 2 bridgehead atoms. The topological polar surface area (TPSA) is 80.6 Å². The van der Waals surface area contributed by atoms with E-state index in [1.165, 1.54) is 0 Å². The van der Waals surface area contributed by atoms with Crippen LogP contribution in [0.15, 0.2) is 55.1 Å². The first kappa shape index (κ1) is 19.0. The predicted molar refractivity (Wildman–Crippen MR) is 108 cm³/mol. The zero-order chi connectivity index (χ0) is 20.7. The van der Waals surface area contributed by atoms with Gasteiger partial charge >= 0.3 is 0 Å². The summed E-state index contributed by atoms with van der Waals surface area (Å²) in [7, 11) is 1.79. The van der Waals surface area contributed by atoms with E-state index in [-0.39, 0.29) is 17.9 Å². The maximum absolute atomic E-state index is 13.3. The third kappa shape index (κ3) is 3.11. The second kappa shape index (κ2) is 7.36. The van der Waals surface area contributed by atoms with E-state index in [4.69, 9.17) is 4.74 Å². The van der Waals surface area contributed by atoms with Gasteiger partial charge in [-0.25, -0.2) is 0 Å². The molecule has 2 aromatic heterocycles. The van der Waals surface area contributed by atoms with E-state index in [9.17, 15) is 9.59 Å². The summed E-state index contributed by atoms with van der Waals surface area (Å²) in [6, 6.07) is 5.78. The van der Waals surface area contributed by atoms with Crippen molar-refractivity contribution in [2.24, 2.45) is 11.8 Å². The molecule has 8 nitrogen and oxygen atoms in total. The van der Waals surface area contributed by atoms with Crippen molar-refractivity contribution in [1.29, 1.82) is 0 Å². The lowest BCUT2D eigenvalue weighted by Crippen LogP contribution is -2.45. The quantitative estimate of drug-likeness (QED) is 0.633. The maximum Gasteiger partial charge on any atom is 0.230 e. The van der Waals surface area contributed by atoms with Crippen molar-refractivity contribution >= 4 is 11.8 Å². The van der Waals surface area contributed by atoms with E-state index < -0.39 is 17.4 Å². The van der Waals surface area contributed by atoms with Crippen molar-refractivity contribution in [3.8, 4) is 0 Å². The molecule has 2 fully saturated rings. The molecule has 5 heterocycles. The molecule has 0 saturated carbocycles. The molecule has 1 spiro atoms. The van der Waals surface area contributed by atoms with Crippen molar-refractivity contribution in [3.05, 3.63) is 60.7 Å². The number of likely N-dealkylation sites (tertiary alicyclic amines) is 1. The summed E-state index contributed by atoms with van der Waals surface area (Å²) >= 11 is 0. The van der Waals surface area contributed by atoms with Crippen molar-refractivity contribution in [2.75, 3.05) is 26.7 Å². The molecular weight excluding hydrogens is 382 g/mol. The van der Waals surface area contributed by atoms with Gasteiger partial charge in [0.25, 0.3) is 0 Å². The van der Waals surface area contributed by atoms with Crippen LogP contribution in [0.3, 0.4) is 0 Å². The molecule has 8 heteroatoms. The molecule has 0 radical (unpaired) electrons. The molecule has 2 aromatic rings. The highest BCUT2D eigenvalue weighted by Gasteiger charge is 2.66. The van der Waals surface area contributed by atoms with Crippen LogP contribution in [0.1, 0.15) is 5.56 Å². The normalized spacial score (nSPS) is 28.9. The zero-order valence-corrected chi connectivity index (χ0v) is 16.9. The number of carbonyl (C=O) groups is 2. The van der Waals surface area contributed by atoms with E-state index in [0.717, 1.165) is 12.0 Å². The molecule has 0 aliphatic carbocycles. The predicted octanol–water partition coefficient (Wildman–Crippen LogP) is 0.761. The summed E-state index contributed by atoms with van der Waals surface area (Å²) in [4.78, 5) is 34.1. The number of aromatic nitrogens is 3. The van der Waals surface area contributed by atoms with Crippen molar-refractivity contribution in [2.45, 2.75) is 24.7 Å². The lowest BCUT2D eigenvalue weighted by atomic mass is 9.76. The first-order valence-electron chi connectivity index (χ1n) is 10.3. The van der Waals surface area contributed by atoms with Crippen LogP contribution in [0.5, 0.6) is 0 Å². The van der Waals surface area contributed by atoms with E-state index >= 15 is 0 Å². The number of hydrogen-bond donors (Lipinski definition) is 0. The first-order chi connectivity index (χ1) is 14.6. The Bertz CT molecular complexity index is 960. The van der Waals surface area contributed by atoms with Gasteiger partial charge in [-0.3, -0.25) is 19.3 Å². The van der Waals surface area contributed by atoms with Gasteiger partial charge in [0.2, 0.25) is 11.8 Å². The maximum atomic E-state index is 13.3. The molecule has 156 valence electrons. The molecule has 30 heavy (non-hydrogen) atoms. The SMILES string of the molecule is CN(CCn1cccn1)C(=O)[C@H]1[C@@H]2C=C[C@@]3(CN(CCc4ccncc4)C(=O)[C@@H]13)O2. The Hall–Kier alpha value is -3.00. The zero-order valence-electron chi connectivity index (χ0n) is 16.9. The van der Waals surface area contributed by atoms with Crippen molar-refractivity contribution in [1.82, 2.24) is 24.6 Å². The molecule has 3 aliphatic rings. The van der Waals surface area contributed by atoms with Crippen LogP contribution in [0.25, 0.3) is 0 Å². The number of rotatable bonds is 7. The van der Waals surface area contributed by atoms with Crippen LogP contribution < -0.4 is 0 Å². The third-order valence-corrected chi connectivity index (χ3v) is 6.48. The average molecular weight is 407 g/mol. The Morgan fingerprint density at radius 3 is 2.90 bits per heavy atom. The summed E-state index contributed by atoms with van der Waals surface area (Å²) < 4.78 is 8.02. The Morgan fingerprint density at radius 2 is 2.13 bits per heavy atom. The molecule has 5 rings (SSSR count). The van der Waals surface area contributed by atoms with Crippen LogP contribution in [-0.2, 0) is 27.3 Å². The summed E-state index contributed by atoms with van der Waals surface area (Å²) in [5, 5.41) is 4.18. The molecule has 0 N–H and O–H groups in total. The number of pyridine rings is 1. The van der Waals surface area contributed by atoms with E-state index in [1.54, 1.807) is 35.2 Å². The van der Waals surface area contributed by atoms with Crippen molar-refractivity contribution < 1.29 is 14.3 Å². The van der Waals surface area contributed by atoms with Gasteiger partial charge in [-0.05, 0) is 30.2 Å². The monoisotopic (exact) mass is 407 g/mol. The highest BCUT2D eigenvalue weighted by atomic mass is 16.5. The molecule has 2 saturated heterocycles. The van der Waals surface area contributed by atoms with Gasteiger partial charge in [0.1, 0.15) is 5.60 Å². The van der Waals surface area contributed by atoms with Crippen LogP contribution in [0.2, 0.25) is 0 Å². The Labute approximate surface area is 175 Å². The minimum absolute atomic E-state index is 0.0229. The lowest BCUT2D eigenvalue weighted by Gasteiger charge is -2.27. The van der Waals surface area contributed by atoms with Gasteiger partial charge in [-0.1, -0.05) is 12.2 Å². The Morgan fingerprint density at radius 1 is 1.30 bits per heavy atom. The molecule has 4 atom stereocenters. The second-order valence-corrected chi connectivity index (χ2v) is 8.29. The van der Waals surface area contributed by atoms with Crippen LogP contribution >= 0.6 is 0 Å². The molecule has 0 aromatic carbocycles. The second-order valence-electron chi connectivity index (χ2n) is 8.29. The number of fused-ring (bicyclic) bond motifs is 1. The van der Waals surface area contributed by atoms with E-state index in [1.807, 2.05) is 41.4 Å². The molecular formula is C22H25N5O3. The number of hydrogen-bond acceptors (Lipinski definition) is 5. The van der Waals surface area contributed by atoms with Gasteiger partial charge < -0.3 is 14.5 Å². The van der Waals surface area contributed by atoms with E-state index in [0.29, 0.717) is 26.2 Å². The fraction of sp³-hybridized carbons (Fsp3) is 0.455. The van der Waals surface area contributed by atoms with Crippen molar-refractivity contribution in [3.63, 3.8) is 0 Å². The number of nitrogens with zero attached hydrogens (tertiary/aromatic N) is 5. The molecule has 3 aliphatic heterocycles. The number of ether oxygens (including phenoxy) is 1. The highest BCUT2D eigenvalue weighted by Crippen LogP contribution is 2.52. The van der Waals surface area contributed by atoms with Gasteiger partial charge in [-0.15, -0.1) is 0 Å². The van der Waals surface area contributed by atoms with Crippen LogP contribution in [-0.4, -0.2) is 74.8 Å². The lowest BCUT2D eigenvalue weighted by molar-refractivity contribution is -0.142. The fourth-order valence-electron chi connectivity index (χ4n) is 4.91. The average Bonchev–Trinajstić information content (AvgIpc) is 3.53. The Balaban J connectivity index is 1.28. The summed E-state index contributed by atoms with van der Waals surface area (Å²) in [5.74, 6) is -0.914. The van der Waals surface area contributed by atoms with Gasteiger partial charge in [0.05, 0.1) is 31.0 Å². The first-order valence-corrected chi connectivity index (χ1v) is 10.3. The van der Waals surface area contributed by atoms with Gasteiger partial charge in [-0.2, -0.15) is 5.10 Å². The molecule has 0 unspecified atom stereocenters. The largest absolute Gasteiger partial charge is 0.360 e. The molecule has 2 amide bonds. The number of carbonyl (C=O) groups excluding carboxylic acids is 2. The Kier molecular flexibility index (Phi) is 4.66. The minimum atomic E-state index is -0.664. The van der Waals surface area contributed by atoms with E-state index in [2.05, 4.69) is 10.1 Å². The summed E-state index contributed by atoms with van der Waals surface area (Å²) in [6.45, 7) is 2.27. The van der Waals surface area contributed by atoms with Gasteiger partial charge in [0, 0.05) is 44.9 Å². The summed E-state index contributed by atoms with van der Waals surface area (Å²) in [6.07, 6.45) is 11.5. The van der Waals surface area contributed by atoms with Crippen LogP contribution in [0, 0.1) is 11.8 Å². The van der Waals surface area contributed by atoms with Gasteiger partial charge in [0.15, 0.2) is 0 Å². The highest BCUT2D eigenvalue weighted by molar-refractivity contribution is 5.93. The fourth-order valence-corrected chi connectivity index (χ4v) is 4.91. The smallest absolute Gasteiger partial charge is 0.230 e. The number of amides is 2. The van der Waals surface area contributed by atoms with Crippen LogP contribution in [0.4, 0.5) is 0 Å². The standard InChI is InChI=1S/C22H25N5O3/c1-25(13-14-27-11-2-8-24-27)20(28)18-17-3-7-22(30-17)15-26(21(29)19(18)22)12-6-16-4-9-23-10-5-16/h2-5,7-11,17-19H,6,12-15H2,1H3/t17-,18-,19+,22-/m0/s1.